The van der Waals surface area contributed by atoms with Crippen LogP contribution in [0.2, 0.25) is 0 Å². The molecule has 4 saturated carbocycles. The van der Waals surface area contributed by atoms with Crippen molar-refractivity contribution in [2.45, 2.75) is 111 Å². The third-order valence-corrected chi connectivity index (χ3v) is 11.3. The minimum Gasteiger partial charge on any atom is -0.469 e. The lowest BCUT2D eigenvalue weighted by atomic mass is 9.44. The predicted molar refractivity (Wildman–Crippen MR) is 132 cm³/mol. The van der Waals surface area contributed by atoms with Gasteiger partial charge in [0, 0.05) is 19.4 Å². The Morgan fingerprint density at radius 3 is 2.52 bits per heavy atom. The zero-order chi connectivity index (χ0) is 23.6. The molecule has 0 aromatic rings. The summed E-state index contributed by atoms with van der Waals surface area (Å²) in [6.45, 7) is 8.28. The SMILES string of the molecule is COC(=O)CCCNC(=O)CC[C@@H](C)C1CCC2[C@@H]3CC[C@@H]4CCCCC4(C)C3CCC21C. The van der Waals surface area contributed by atoms with E-state index in [1.807, 2.05) is 0 Å². The predicted octanol–water partition coefficient (Wildman–Crippen LogP) is 6.52. The number of hydrogen-bond donors (Lipinski definition) is 1. The van der Waals surface area contributed by atoms with Gasteiger partial charge in [0.05, 0.1) is 7.11 Å². The van der Waals surface area contributed by atoms with Crippen LogP contribution in [0.3, 0.4) is 0 Å². The molecule has 0 spiro atoms. The Bertz CT molecular complexity index is 707. The Balaban J connectivity index is 1.30. The second kappa shape index (κ2) is 10.3. The molecule has 4 fully saturated rings. The molecule has 0 aliphatic heterocycles. The van der Waals surface area contributed by atoms with Gasteiger partial charge < -0.3 is 10.1 Å². The number of carbonyl (C=O) groups is 2. The molecule has 1 amide bonds. The van der Waals surface area contributed by atoms with Gasteiger partial charge in [-0.15, -0.1) is 0 Å². The van der Waals surface area contributed by atoms with Crippen molar-refractivity contribution < 1.29 is 14.3 Å². The number of fused-ring (bicyclic) bond motifs is 5. The van der Waals surface area contributed by atoms with Gasteiger partial charge in [-0.25, -0.2) is 0 Å². The molecule has 8 atom stereocenters. The van der Waals surface area contributed by atoms with Gasteiger partial charge in [-0.1, -0.05) is 33.6 Å². The highest BCUT2D eigenvalue weighted by Gasteiger charge is 2.60. The third kappa shape index (κ3) is 4.87. The van der Waals surface area contributed by atoms with E-state index in [0.29, 0.717) is 42.6 Å². The van der Waals surface area contributed by atoms with Gasteiger partial charge in [0.15, 0.2) is 0 Å². The number of carbonyl (C=O) groups excluding carboxylic acids is 2. The monoisotopic (exact) mass is 459 g/mol. The molecule has 0 bridgehead atoms. The van der Waals surface area contributed by atoms with Crippen molar-refractivity contribution in [3.63, 3.8) is 0 Å². The van der Waals surface area contributed by atoms with Crippen LogP contribution in [0.1, 0.15) is 111 Å². The molecule has 0 saturated heterocycles. The van der Waals surface area contributed by atoms with Gasteiger partial charge in [0.2, 0.25) is 5.91 Å². The van der Waals surface area contributed by atoms with Crippen molar-refractivity contribution in [2.75, 3.05) is 13.7 Å². The molecule has 0 aromatic heterocycles. The fraction of sp³-hybridized carbons (Fsp3) is 0.931. The van der Waals surface area contributed by atoms with Crippen LogP contribution in [0.5, 0.6) is 0 Å². The number of nitrogens with one attached hydrogen (secondary N) is 1. The normalized spacial score (nSPS) is 40.8. The lowest BCUT2D eigenvalue weighted by Gasteiger charge is -2.61. The van der Waals surface area contributed by atoms with E-state index in [4.69, 9.17) is 0 Å². The lowest BCUT2D eigenvalue weighted by molar-refractivity contribution is -0.140. The summed E-state index contributed by atoms with van der Waals surface area (Å²) in [5.74, 6) is 5.15. The summed E-state index contributed by atoms with van der Waals surface area (Å²) >= 11 is 0. The Hall–Kier alpha value is -1.06. The Morgan fingerprint density at radius 1 is 0.939 bits per heavy atom. The standard InChI is InChI=1S/C29H49NO3/c1-20(10-15-26(31)30-19-7-9-27(32)33-4)23-13-14-24-22-12-11-21-8-5-6-17-28(21,2)25(22)16-18-29(23,24)3/h20-25H,5-19H2,1-4H3,(H,30,31)/t20-,21+,22+,23?,24?,25?,28?,29?/m1/s1. The first-order valence-corrected chi connectivity index (χ1v) is 14.1. The van der Waals surface area contributed by atoms with Crippen LogP contribution in [0.4, 0.5) is 0 Å². The van der Waals surface area contributed by atoms with Crippen molar-refractivity contribution in [2.24, 2.45) is 46.3 Å². The third-order valence-electron chi connectivity index (χ3n) is 11.3. The first-order valence-electron chi connectivity index (χ1n) is 14.1. The van der Waals surface area contributed by atoms with E-state index >= 15 is 0 Å². The average Bonchev–Trinajstić information content (AvgIpc) is 3.17. The van der Waals surface area contributed by atoms with Crippen LogP contribution < -0.4 is 5.32 Å². The number of methoxy groups -OCH3 is 1. The molecule has 0 heterocycles. The number of hydrogen-bond acceptors (Lipinski definition) is 3. The first-order chi connectivity index (χ1) is 15.8. The highest BCUT2D eigenvalue weighted by atomic mass is 16.5. The van der Waals surface area contributed by atoms with Gasteiger partial charge in [0.1, 0.15) is 0 Å². The highest BCUT2D eigenvalue weighted by Crippen LogP contribution is 2.68. The van der Waals surface area contributed by atoms with E-state index in [1.54, 1.807) is 0 Å². The van der Waals surface area contributed by atoms with Gasteiger partial charge >= 0.3 is 5.97 Å². The summed E-state index contributed by atoms with van der Waals surface area (Å²) in [6.07, 6.45) is 17.2. The molecule has 4 aliphatic rings. The summed E-state index contributed by atoms with van der Waals surface area (Å²) < 4.78 is 4.66. The average molecular weight is 460 g/mol. The Labute approximate surface area is 202 Å². The van der Waals surface area contributed by atoms with Crippen molar-refractivity contribution in [1.29, 1.82) is 0 Å². The van der Waals surface area contributed by atoms with Gasteiger partial charge in [-0.2, -0.15) is 0 Å². The van der Waals surface area contributed by atoms with Crippen LogP contribution >= 0.6 is 0 Å². The van der Waals surface area contributed by atoms with Crippen LogP contribution in [-0.4, -0.2) is 25.5 Å². The highest BCUT2D eigenvalue weighted by molar-refractivity contribution is 5.76. The first kappa shape index (κ1) is 25.0. The number of esters is 1. The van der Waals surface area contributed by atoms with Crippen LogP contribution in [0, 0.1) is 46.3 Å². The Kier molecular flexibility index (Phi) is 7.80. The topological polar surface area (TPSA) is 55.4 Å². The van der Waals surface area contributed by atoms with E-state index in [-0.39, 0.29) is 11.9 Å². The lowest BCUT2D eigenvalue weighted by Crippen LogP contribution is -2.53. The molecule has 4 nitrogen and oxygen atoms in total. The van der Waals surface area contributed by atoms with Crippen molar-refractivity contribution >= 4 is 11.9 Å². The van der Waals surface area contributed by atoms with Gasteiger partial charge in [-0.05, 0) is 111 Å². The van der Waals surface area contributed by atoms with Crippen LogP contribution in [0.15, 0.2) is 0 Å². The fourth-order valence-electron chi connectivity index (χ4n) is 9.48. The minimum absolute atomic E-state index is 0.138. The number of amides is 1. The summed E-state index contributed by atoms with van der Waals surface area (Å²) in [5, 5.41) is 2.99. The van der Waals surface area contributed by atoms with E-state index in [2.05, 4.69) is 30.8 Å². The summed E-state index contributed by atoms with van der Waals surface area (Å²) in [5.41, 5.74) is 1.10. The van der Waals surface area contributed by atoms with Gasteiger partial charge in [0.25, 0.3) is 0 Å². The van der Waals surface area contributed by atoms with Crippen molar-refractivity contribution in [3.05, 3.63) is 0 Å². The molecule has 0 aromatic carbocycles. The van der Waals surface area contributed by atoms with E-state index in [0.717, 1.165) is 36.0 Å². The maximum Gasteiger partial charge on any atom is 0.305 e. The molecule has 188 valence electrons. The largest absolute Gasteiger partial charge is 0.469 e. The molecule has 4 rings (SSSR count). The van der Waals surface area contributed by atoms with Crippen LogP contribution in [0.25, 0.3) is 0 Å². The molecule has 4 heteroatoms. The minimum atomic E-state index is -0.206. The van der Waals surface area contributed by atoms with E-state index in [9.17, 15) is 9.59 Å². The maximum absolute atomic E-state index is 12.4. The molecule has 1 N–H and O–H groups in total. The summed E-state index contributed by atoms with van der Waals surface area (Å²) in [6, 6.07) is 0. The quantitative estimate of drug-likeness (QED) is 0.332. The summed E-state index contributed by atoms with van der Waals surface area (Å²) in [7, 11) is 1.41. The zero-order valence-corrected chi connectivity index (χ0v) is 21.8. The van der Waals surface area contributed by atoms with E-state index < -0.39 is 0 Å². The fourth-order valence-corrected chi connectivity index (χ4v) is 9.48. The van der Waals surface area contributed by atoms with Crippen molar-refractivity contribution in [3.8, 4) is 0 Å². The number of rotatable bonds is 8. The second-order valence-corrected chi connectivity index (χ2v) is 12.7. The van der Waals surface area contributed by atoms with Crippen LogP contribution in [-0.2, 0) is 14.3 Å². The summed E-state index contributed by atoms with van der Waals surface area (Å²) in [4.78, 5) is 23.6. The van der Waals surface area contributed by atoms with Gasteiger partial charge in [-0.3, -0.25) is 9.59 Å². The number of ether oxygens (including phenoxy) is 1. The zero-order valence-electron chi connectivity index (χ0n) is 21.8. The molecule has 5 unspecified atom stereocenters. The molecule has 0 radical (unpaired) electrons. The molecular formula is C29H49NO3. The maximum atomic E-state index is 12.4. The Morgan fingerprint density at radius 2 is 1.73 bits per heavy atom. The van der Waals surface area contributed by atoms with Crippen molar-refractivity contribution in [1.82, 2.24) is 5.32 Å². The second-order valence-electron chi connectivity index (χ2n) is 12.7. The smallest absolute Gasteiger partial charge is 0.305 e. The van der Waals surface area contributed by atoms with E-state index in [1.165, 1.54) is 71.3 Å². The molecule has 4 aliphatic carbocycles. The molecule has 33 heavy (non-hydrogen) atoms. The molecular weight excluding hydrogens is 410 g/mol.